The number of phenolic OH excluding ortho intramolecular Hbond substituents is 2. The molecule has 5 nitrogen and oxygen atoms in total. The molecule has 0 aromatic heterocycles. The molecule has 0 amide bonds. The Kier molecular flexibility index (Phi) is 2.25. The SMILES string of the molecule is N#CC1SC(=N)N2C=Cc3cc(O)c(O)cc3C12. The van der Waals surface area contributed by atoms with Crippen molar-refractivity contribution in [1.82, 2.24) is 4.90 Å². The number of aromatic hydroxyl groups is 2. The fourth-order valence-electron chi connectivity index (χ4n) is 2.26. The summed E-state index contributed by atoms with van der Waals surface area (Å²) in [5, 5.41) is 36.0. The van der Waals surface area contributed by atoms with Crippen LogP contribution in [0, 0.1) is 16.7 Å². The lowest BCUT2D eigenvalue weighted by Crippen LogP contribution is -2.27. The third-order valence-corrected chi connectivity index (χ3v) is 4.15. The van der Waals surface area contributed by atoms with Crippen molar-refractivity contribution in [3.8, 4) is 17.6 Å². The molecular formula is C12H9N3O2S. The number of nitrogens with one attached hydrogen (secondary N) is 1. The minimum absolute atomic E-state index is 0.180. The van der Waals surface area contributed by atoms with Gasteiger partial charge in [0.15, 0.2) is 16.7 Å². The fourth-order valence-corrected chi connectivity index (χ4v) is 3.25. The molecule has 3 rings (SSSR count). The molecule has 90 valence electrons. The summed E-state index contributed by atoms with van der Waals surface area (Å²) in [6, 6.07) is 4.83. The lowest BCUT2D eigenvalue weighted by Gasteiger charge is -2.28. The van der Waals surface area contributed by atoms with Gasteiger partial charge in [-0.25, -0.2) is 0 Å². The third-order valence-electron chi connectivity index (χ3n) is 3.10. The average Bonchev–Trinajstić information content (AvgIpc) is 2.68. The van der Waals surface area contributed by atoms with Crippen LogP contribution in [0.1, 0.15) is 17.2 Å². The number of fused-ring (bicyclic) bond motifs is 3. The number of hydrogen-bond donors (Lipinski definition) is 3. The molecule has 1 aromatic carbocycles. The van der Waals surface area contributed by atoms with Crippen molar-refractivity contribution in [2.24, 2.45) is 0 Å². The van der Waals surface area contributed by atoms with E-state index in [4.69, 9.17) is 10.7 Å². The Labute approximate surface area is 107 Å². The van der Waals surface area contributed by atoms with Gasteiger partial charge in [-0.2, -0.15) is 5.26 Å². The van der Waals surface area contributed by atoms with E-state index in [0.29, 0.717) is 5.17 Å². The zero-order valence-electron chi connectivity index (χ0n) is 9.16. The topological polar surface area (TPSA) is 91.3 Å². The Morgan fingerprint density at radius 1 is 1.33 bits per heavy atom. The Hall–Kier alpha value is -2.13. The molecule has 2 unspecified atom stereocenters. The minimum Gasteiger partial charge on any atom is -0.504 e. The van der Waals surface area contributed by atoms with E-state index in [0.717, 1.165) is 11.1 Å². The highest BCUT2D eigenvalue weighted by molar-refractivity contribution is 8.14. The van der Waals surface area contributed by atoms with E-state index < -0.39 is 0 Å². The summed E-state index contributed by atoms with van der Waals surface area (Å²) < 4.78 is 0. The normalized spacial score (nSPS) is 24.6. The molecule has 6 heteroatoms. The molecule has 2 aliphatic rings. The van der Waals surface area contributed by atoms with Gasteiger partial charge in [0.25, 0.3) is 0 Å². The van der Waals surface area contributed by atoms with Gasteiger partial charge in [-0.1, -0.05) is 11.8 Å². The zero-order chi connectivity index (χ0) is 12.9. The smallest absolute Gasteiger partial charge is 0.162 e. The Morgan fingerprint density at radius 2 is 2.06 bits per heavy atom. The van der Waals surface area contributed by atoms with Crippen molar-refractivity contribution in [2.75, 3.05) is 0 Å². The van der Waals surface area contributed by atoms with Crippen LogP contribution in [0.3, 0.4) is 0 Å². The van der Waals surface area contributed by atoms with E-state index >= 15 is 0 Å². The molecule has 2 atom stereocenters. The molecule has 0 aliphatic carbocycles. The van der Waals surface area contributed by atoms with E-state index in [1.165, 1.54) is 23.9 Å². The molecule has 18 heavy (non-hydrogen) atoms. The van der Waals surface area contributed by atoms with Gasteiger partial charge in [-0.3, -0.25) is 5.41 Å². The second-order valence-corrected chi connectivity index (χ2v) is 5.24. The van der Waals surface area contributed by atoms with Crippen LogP contribution in [0.25, 0.3) is 6.08 Å². The first-order valence-electron chi connectivity index (χ1n) is 5.29. The molecule has 1 aromatic rings. The quantitative estimate of drug-likeness (QED) is 0.620. The Bertz CT molecular complexity index is 620. The molecule has 0 bridgehead atoms. The molecule has 1 fully saturated rings. The van der Waals surface area contributed by atoms with Crippen molar-refractivity contribution in [3.63, 3.8) is 0 Å². The van der Waals surface area contributed by atoms with Gasteiger partial charge in [0.1, 0.15) is 5.25 Å². The van der Waals surface area contributed by atoms with Crippen molar-refractivity contribution < 1.29 is 10.2 Å². The van der Waals surface area contributed by atoms with Crippen LogP contribution in [-0.4, -0.2) is 25.5 Å². The number of nitrogens with zero attached hydrogens (tertiary/aromatic N) is 2. The summed E-state index contributed by atoms with van der Waals surface area (Å²) in [7, 11) is 0. The van der Waals surface area contributed by atoms with Gasteiger partial charge in [0.2, 0.25) is 0 Å². The molecule has 0 spiro atoms. The van der Waals surface area contributed by atoms with Crippen LogP contribution >= 0.6 is 11.8 Å². The summed E-state index contributed by atoms with van der Waals surface area (Å²) >= 11 is 1.20. The van der Waals surface area contributed by atoms with Crippen LogP contribution < -0.4 is 0 Å². The maximum absolute atomic E-state index is 9.58. The second-order valence-electron chi connectivity index (χ2n) is 4.11. The zero-order valence-corrected chi connectivity index (χ0v) is 9.98. The number of benzene rings is 1. The highest BCUT2D eigenvalue weighted by atomic mass is 32.2. The highest BCUT2D eigenvalue weighted by Crippen LogP contribution is 2.46. The van der Waals surface area contributed by atoms with Crippen LogP contribution in [0.2, 0.25) is 0 Å². The summed E-state index contributed by atoms with van der Waals surface area (Å²) in [6.45, 7) is 0. The number of amidine groups is 1. The first-order chi connectivity index (χ1) is 8.61. The van der Waals surface area contributed by atoms with Crippen LogP contribution in [-0.2, 0) is 0 Å². The summed E-state index contributed by atoms with van der Waals surface area (Å²) in [5.74, 6) is -0.384. The lowest BCUT2D eigenvalue weighted by molar-refractivity contribution is 0.396. The second kappa shape index (κ2) is 3.68. The van der Waals surface area contributed by atoms with Gasteiger partial charge in [-0.05, 0) is 29.3 Å². The molecule has 2 heterocycles. The number of nitriles is 1. The Morgan fingerprint density at radius 3 is 2.78 bits per heavy atom. The largest absolute Gasteiger partial charge is 0.504 e. The van der Waals surface area contributed by atoms with E-state index in [1.807, 2.05) is 0 Å². The van der Waals surface area contributed by atoms with Crippen LogP contribution in [0.5, 0.6) is 11.5 Å². The highest BCUT2D eigenvalue weighted by Gasteiger charge is 2.41. The first-order valence-corrected chi connectivity index (χ1v) is 6.17. The minimum atomic E-state index is -0.384. The van der Waals surface area contributed by atoms with Gasteiger partial charge in [0, 0.05) is 6.20 Å². The molecule has 0 radical (unpaired) electrons. The van der Waals surface area contributed by atoms with Crippen LogP contribution in [0.15, 0.2) is 18.3 Å². The van der Waals surface area contributed by atoms with Crippen molar-refractivity contribution >= 4 is 23.0 Å². The summed E-state index contributed by atoms with van der Waals surface area (Å²) in [4.78, 5) is 1.71. The number of thioether (sulfide) groups is 1. The van der Waals surface area contributed by atoms with Crippen molar-refractivity contribution in [2.45, 2.75) is 11.3 Å². The average molecular weight is 259 g/mol. The number of phenols is 2. The molecule has 3 N–H and O–H groups in total. The van der Waals surface area contributed by atoms with Gasteiger partial charge >= 0.3 is 0 Å². The maximum atomic E-state index is 9.58. The predicted octanol–water partition coefficient (Wildman–Crippen LogP) is 2.00. The number of hydrogen-bond acceptors (Lipinski definition) is 5. The van der Waals surface area contributed by atoms with Crippen LogP contribution in [0.4, 0.5) is 0 Å². The van der Waals surface area contributed by atoms with Crippen molar-refractivity contribution in [3.05, 3.63) is 29.5 Å². The standard InChI is InChI=1S/C12H9N3O2S/c13-5-10-11-7-4-9(17)8(16)3-6(7)1-2-15(11)12(14)18-10/h1-4,10-11,14,16-17H. The molecule has 2 aliphatic heterocycles. The monoisotopic (exact) mass is 259 g/mol. The van der Waals surface area contributed by atoms with E-state index in [1.54, 1.807) is 17.2 Å². The van der Waals surface area contributed by atoms with Gasteiger partial charge in [0.05, 0.1) is 12.1 Å². The maximum Gasteiger partial charge on any atom is 0.162 e. The first kappa shape index (κ1) is 11.0. The van der Waals surface area contributed by atoms with Gasteiger partial charge < -0.3 is 15.1 Å². The number of rotatable bonds is 0. The lowest BCUT2D eigenvalue weighted by atomic mass is 9.94. The summed E-state index contributed by atoms with van der Waals surface area (Å²) in [5.41, 5.74) is 1.52. The van der Waals surface area contributed by atoms with E-state index in [-0.39, 0.29) is 22.8 Å². The van der Waals surface area contributed by atoms with Gasteiger partial charge in [-0.15, -0.1) is 0 Å². The third kappa shape index (κ3) is 1.38. The fraction of sp³-hybridized carbons (Fsp3) is 0.167. The molecule has 0 saturated carbocycles. The molecule has 1 saturated heterocycles. The van der Waals surface area contributed by atoms with E-state index in [9.17, 15) is 10.2 Å². The summed E-state index contributed by atoms with van der Waals surface area (Å²) in [6.07, 6.45) is 3.50. The Balaban J connectivity index is 2.18. The molecular weight excluding hydrogens is 250 g/mol. The van der Waals surface area contributed by atoms with E-state index in [2.05, 4.69) is 6.07 Å². The van der Waals surface area contributed by atoms with Crippen molar-refractivity contribution in [1.29, 1.82) is 10.7 Å². The predicted molar refractivity (Wildman–Crippen MR) is 68.1 cm³/mol.